The smallest absolute Gasteiger partial charge is 0.276 e. The first-order chi connectivity index (χ1) is 7.86. The maximum Gasteiger partial charge on any atom is 0.276 e. The Labute approximate surface area is 94.2 Å². The highest BCUT2D eigenvalue weighted by Crippen LogP contribution is 2.06. The van der Waals surface area contributed by atoms with Gasteiger partial charge in [-0.2, -0.15) is 0 Å². The standard InChI is InChI=1S/C11H15N3O2/c15-11(10-2-1-4-12-7-10)14-16-8-9-3-5-13-6-9/h1-2,4,7,9,13H,3,5-6,8H2,(H,14,15). The van der Waals surface area contributed by atoms with Crippen molar-refractivity contribution in [2.24, 2.45) is 5.92 Å². The van der Waals surface area contributed by atoms with Crippen LogP contribution in [0.1, 0.15) is 16.8 Å². The molecule has 5 nitrogen and oxygen atoms in total. The van der Waals surface area contributed by atoms with Crippen LogP contribution in [-0.4, -0.2) is 30.6 Å². The Kier molecular flexibility index (Phi) is 3.85. The fourth-order valence-corrected chi connectivity index (χ4v) is 1.64. The van der Waals surface area contributed by atoms with Crippen molar-refractivity contribution in [3.05, 3.63) is 30.1 Å². The second-order valence-corrected chi connectivity index (χ2v) is 3.84. The van der Waals surface area contributed by atoms with Gasteiger partial charge in [-0.25, -0.2) is 5.48 Å². The van der Waals surface area contributed by atoms with Gasteiger partial charge in [0.15, 0.2) is 0 Å². The number of nitrogens with one attached hydrogen (secondary N) is 2. The maximum atomic E-state index is 11.5. The highest BCUT2D eigenvalue weighted by atomic mass is 16.6. The minimum Gasteiger partial charge on any atom is -0.316 e. The summed E-state index contributed by atoms with van der Waals surface area (Å²) in [5, 5.41) is 3.24. The van der Waals surface area contributed by atoms with E-state index in [9.17, 15) is 4.79 Å². The Morgan fingerprint density at radius 1 is 1.69 bits per heavy atom. The van der Waals surface area contributed by atoms with E-state index >= 15 is 0 Å². The molecule has 0 bridgehead atoms. The van der Waals surface area contributed by atoms with Crippen molar-refractivity contribution in [3.63, 3.8) is 0 Å². The predicted octanol–water partition coefficient (Wildman–Crippen LogP) is 0.352. The number of carbonyl (C=O) groups is 1. The third kappa shape index (κ3) is 3.01. The average Bonchev–Trinajstić information content (AvgIpc) is 2.83. The first kappa shape index (κ1) is 11.0. The summed E-state index contributed by atoms with van der Waals surface area (Å²) < 4.78 is 0. The van der Waals surface area contributed by atoms with E-state index in [1.54, 1.807) is 18.3 Å². The van der Waals surface area contributed by atoms with Crippen molar-refractivity contribution in [2.45, 2.75) is 6.42 Å². The van der Waals surface area contributed by atoms with Crippen molar-refractivity contribution in [1.82, 2.24) is 15.8 Å². The minimum atomic E-state index is -0.251. The molecule has 0 aliphatic carbocycles. The lowest BCUT2D eigenvalue weighted by atomic mass is 10.1. The molecule has 1 aliphatic rings. The van der Waals surface area contributed by atoms with Gasteiger partial charge in [-0.3, -0.25) is 14.6 Å². The van der Waals surface area contributed by atoms with Gasteiger partial charge in [0.05, 0.1) is 12.2 Å². The molecular formula is C11H15N3O2. The van der Waals surface area contributed by atoms with Gasteiger partial charge in [0.1, 0.15) is 0 Å². The van der Waals surface area contributed by atoms with Gasteiger partial charge >= 0.3 is 0 Å². The second-order valence-electron chi connectivity index (χ2n) is 3.84. The average molecular weight is 221 g/mol. The molecule has 1 aromatic heterocycles. The summed E-state index contributed by atoms with van der Waals surface area (Å²) in [6.45, 7) is 2.55. The lowest BCUT2D eigenvalue weighted by Gasteiger charge is -2.09. The Morgan fingerprint density at radius 2 is 2.62 bits per heavy atom. The molecule has 1 aromatic rings. The number of hydroxylamine groups is 1. The Balaban J connectivity index is 1.71. The highest BCUT2D eigenvalue weighted by molar-refractivity contribution is 5.92. The van der Waals surface area contributed by atoms with E-state index in [1.165, 1.54) is 6.20 Å². The van der Waals surface area contributed by atoms with Crippen molar-refractivity contribution in [1.29, 1.82) is 0 Å². The van der Waals surface area contributed by atoms with Crippen LogP contribution < -0.4 is 10.8 Å². The van der Waals surface area contributed by atoms with Gasteiger partial charge < -0.3 is 5.32 Å². The van der Waals surface area contributed by atoms with Crippen molar-refractivity contribution in [2.75, 3.05) is 19.7 Å². The van der Waals surface area contributed by atoms with Crippen molar-refractivity contribution >= 4 is 5.91 Å². The zero-order valence-electron chi connectivity index (χ0n) is 8.98. The maximum absolute atomic E-state index is 11.5. The highest BCUT2D eigenvalue weighted by Gasteiger charge is 2.15. The number of carbonyl (C=O) groups excluding carboxylic acids is 1. The van der Waals surface area contributed by atoms with E-state index in [4.69, 9.17) is 4.84 Å². The molecule has 1 aliphatic heterocycles. The Bertz CT molecular complexity index is 336. The van der Waals surface area contributed by atoms with Gasteiger partial charge in [-0.15, -0.1) is 0 Å². The molecule has 86 valence electrons. The first-order valence-corrected chi connectivity index (χ1v) is 5.39. The molecule has 16 heavy (non-hydrogen) atoms. The van der Waals surface area contributed by atoms with Gasteiger partial charge in [-0.1, -0.05) is 0 Å². The monoisotopic (exact) mass is 221 g/mol. The largest absolute Gasteiger partial charge is 0.316 e. The van der Waals surface area contributed by atoms with Crippen LogP contribution in [0.25, 0.3) is 0 Å². The normalized spacial score (nSPS) is 19.6. The molecule has 0 aromatic carbocycles. The summed E-state index contributed by atoms with van der Waals surface area (Å²) in [6.07, 6.45) is 4.24. The molecule has 0 saturated carbocycles. The number of rotatable bonds is 4. The lowest BCUT2D eigenvalue weighted by molar-refractivity contribution is 0.0188. The number of aromatic nitrogens is 1. The summed E-state index contributed by atoms with van der Waals surface area (Å²) >= 11 is 0. The molecule has 0 radical (unpaired) electrons. The quantitative estimate of drug-likeness (QED) is 0.720. The van der Waals surface area contributed by atoms with Gasteiger partial charge in [-0.05, 0) is 31.0 Å². The third-order valence-corrected chi connectivity index (χ3v) is 2.57. The molecule has 2 rings (SSSR count). The van der Waals surface area contributed by atoms with Crippen LogP contribution >= 0.6 is 0 Å². The number of pyridine rings is 1. The second kappa shape index (κ2) is 5.58. The van der Waals surface area contributed by atoms with Crippen LogP contribution in [0.4, 0.5) is 0 Å². The SMILES string of the molecule is O=C(NOCC1CCNC1)c1cccnc1. The summed E-state index contributed by atoms with van der Waals surface area (Å²) in [4.78, 5) is 20.6. The number of amides is 1. The molecule has 2 N–H and O–H groups in total. The van der Waals surface area contributed by atoms with E-state index < -0.39 is 0 Å². The molecule has 5 heteroatoms. The van der Waals surface area contributed by atoms with Gasteiger partial charge in [0, 0.05) is 18.9 Å². The van der Waals surface area contributed by atoms with Crippen LogP contribution in [0.2, 0.25) is 0 Å². The van der Waals surface area contributed by atoms with E-state index in [2.05, 4.69) is 15.8 Å². The van der Waals surface area contributed by atoms with Crippen LogP contribution in [0.5, 0.6) is 0 Å². The zero-order valence-corrected chi connectivity index (χ0v) is 8.98. The van der Waals surface area contributed by atoms with E-state index in [0.29, 0.717) is 18.1 Å². The molecule has 1 fully saturated rings. The van der Waals surface area contributed by atoms with Crippen molar-refractivity contribution < 1.29 is 9.63 Å². The van der Waals surface area contributed by atoms with Crippen LogP contribution in [0, 0.1) is 5.92 Å². The molecule has 1 saturated heterocycles. The van der Waals surface area contributed by atoms with E-state index in [1.807, 2.05) is 0 Å². The fourth-order valence-electron chi connectivity index (χ4n) is 1.64. The van der Waals surface area contributed by atoms with Gasteiger partial charge in [0.25, 0.3) is 5.91 Å². The first-order valence-electron chi connectivity index (χ1n) is 5.39. The minimum absolute atomic E-state index is 0.251. The topological polar surface area (TPSA) is 63.2 Å². The number of hydrogen-bond acceptors (Lipinski definition) is 4. The lowest BCUT2D eigenvalue weighted by Crippen LogP contribution is -2.27. The van der Waals surface area contributed by atoms with E-state index in [-0.39, 0.29) is 5.91 Å². The molecule has 1 atom stereocenters. The van der Waals surface area contributed by atoms with Crippen LogP contribution in [0.3, 0.4) is 0 Å². The summed E-state index contributed by atoms with van der Waals surface area (Å²) in [7, 11) is 0. The van der Waals surface area contributed by atoms with Crippen molar-refractivity contribution in [3.8, 4) is 0 Å². The van der Waals surface area contributed by atoms with Gasteiger partial charge in [0.2, 0.25) is 0 Å². The molecule has 1 amide bonds. The van der Waals surface area contributed by atoms with Crippen LogP contribution in [-0.2, 0) is 4.84 Å². The number of hydrogen-bond donors (Lipinski definition) is 2. The fraction of sp³-hybridized carbons (Fsp3) is 0.455. The molecular weight excluding hydrogens is 206 g/mol. The summed E-state index contributed by atoms with van der Waals surface area (Å²) in [5.41, 5.74) is 2.93. The van der Waals surface area contributed by atoms with Crippen LogP contribution in [0.15, 0.2) is 24.5 Å². The molecule has 2 heterocycles. The zero-order chi connectivity index (χ0) is 11.2. The third-order valence-electron chi connectivity index (χ3n) is 2.57. The predicted molar refractivity (Wildman–Crippen MR) is 58.6 cm³/mol. The summed E-state index contributed by atoms with van der Waals surface area (Å²) in [6, 6.07) is 3.42. The number of nitrogens with zero attached hydrogens (tertiary/aromatic N) is 1. The molecule has 0 spiro atoms. The molecule has 1 unspecified atom stereocenters. The van der Waals surface area contributed by atoms with E-state index in [0.717, 1.165) is 19.5 Å². The summed E-state index contributed by atoms with van der Waals surface area (Å²) in [5.74, 6) is 0.244. The Morgan fingerprint density at radius 3 is 3.31 bits per heavy atom. The Hall–Kier alpha value is -1.46.